The summed E-state index contributed by atoms with van der Waals surface area (Å²) in [6.07, 6.45) is 5.45. The lowest BCUT2D eigenvalue weighted by Crippen LogP contribution is -2.36. The number of rotatable bonds is 0. The molecule has 2 aliphatic rings. The second-order valence-corrected chi connectivity index (χ2v) is 8.12. The van der Waals surface area contributed by atoms with E-state index in [1.807, 2.05) is 0 Å². The SMILES string of the molecule is O=S1(=O)CC2(CCCCC2)CNc2cccc(Cl)c21. The van der Waals surface area contributed by atoms with E-state index < -0.39 is 9.84 Å². The van der Waals surface area contributed by atoms with Gasteiger partial charge in [-0.2, -0.15) is 0 Å². The van der Waals surface area contributed by atoms with Crippen LogP contribution in [0.4, 0.5) is 5.69 Å². The lowest BCUT2D eigenvalue weighted by atomic mass is 9.75. The normalized spacial score (nSPS) is 24.3. The molecule has 0 bridgehead atoms. The van der Waals surface area contributed by atoms with E-state index in [0.29, 0.717) is 15.6 Å². The highest BCUT2D eigenvalue weighted by molar-refractivity contribution is 7.91. The van der Waals surface area contributed by atoms with Crippen LogP contribution >= 0.6 is 11.6 Å². The van der Waals surface area contributed by atoms with Gasteiger partial charge >= 0.3 is 0 Å². The van der Waals surface area contributed by atoms with E-state index >= 15 is 0 Å². The molecule has 1 fully saturated rings. The molecule has 3 rings (SSSR count). The predicted octanol–water partition coefficient (Wildman–Crippen LogP) is 3.49. The molecule has 1 N–H and O–H groups in total. The average Bonchev–Trinajstić information content (AvgIpc) is 2.46. The molecule has 1 aromatic rings. The van der Waals surface area contributed by atoms with Gasteiger partial charge < -0.3 is 5.32 Å². The molecule has 1 heterocycles. The maximum absolute atomic E-state index is 12.7. The lowest BCUT2D eigenvalue weighted by molar-refractivity contribution is 0.237. The third-order valence-electron chi connectivity index (χ3n) is 4.34. The van der Waals surface area contributed by atoms with E-state index in [9.17, 15) is 8.42 Å². The average molecular weight is 300 g/mol. The second-order valence-electron chi connectivity index (χ2n) is 5.79. The Kier molecular flexibility index (Phi) is 3.26. The van der Waals surface area contributed by atoms with Crippen molar-refractivity contribution < 1.29 is 8.42 Å². The van der Waals surface area contributed by atoms with Gasteiger partial charge in [0, 0.05) is 12.0 Å². The van der Waals surface area contributed by atoms with Gasteiger partial charge in [0.05, 0.1) is 16.5 Å². The smallest absolute Gasteiger partial charge is 0.182 e. The zero-order valence-electron chi connectivity index (χ0n) is 10.8. The topological polar surface area (TPSA) is 46.2 Å². The van der Waals surface area contributed by atoms with Gasteiger partial charge in [-0.3, -0.25) is 0 Å². The van der Waals surface area contributed by atoms with Gasteiger partial charge in [-0.15, -0.1) is 0 Å². The van der Waals surface area contributed by atoms with Crippen molar-refractivity contribution in [2.45, 2.75) is 37.0 Å². The lowest BCUT2D eigenvalue weighted by Gasteiger charge is -2.35. The van der Waals surface area contributed by atoms with Gasteiger partial charge in [0.1, 0.15) is 4.90 Å². The number of benzene rings is 1. The fraction of sp³-hybridized carbons (Fsp3) is 0.571. The van der Waals surface area contributed by atoms with E-state index in [-0.39, 0.29) is 11.2 Å². The van der Waals surface area contributed by atoms with Gasteiger partial charge in [0.25, 0.3) is 0 Å². The van der Waals surface area contributed by atoms with Crippen molar-refractivity contribution in [1.82, 2.24) is 0 Å². The first kappa shape index (κ1) is 13.3. The zero-order valence-corrected chi connectivity index (χ0v) is 12.4. The van der Waals surface area contributed by atoms with Crippen LogP contribution in [-0.4, -0.2) is 20.7 Å². The first-order valence-electron chi connectivity index (χ1n) is 6.78. The van der Waals surface area contributed by atoms with Gasteiger partial charge in [-0.25, -0.2) is 8.42 Å². The Bertz CT molecular complexity index is 591. The number of fused-ring (bicyclic) bond motifs is 1. The monoisotopic (exact) mass is 299 g/mol. The Hall–Kier alpha value is -0.740. The fourth-order valence-electron chi connectivity index (χ4n) is 3.40. The Morgan fingerprint density at radius 1 is 1.16 bits per heavy atom. The van der Waals surface area contributed by atoms with Crippen LogP contribution in [0.25, 0.3) is 0 Å². The summed E-state index contributed by atoms with van der Waals surface area (Å²) in [6.45, 7) is 0.736. The third kappa shape index (κ3) is 2.36. The third-order valence-corrected chi connectivity index (χ3v) is 6.82. The summed E-state index contributed by atoms with van der Waals surface area (Å²) in [6, 6.07) is 5.25. The van der Waals surface area contributed by atoms with Crippen molar-refractivity contribution in [1.29, 1.82) is 0 Å². The molecular weight excluding hydrogens is 282 g/mol. The van der Waals surface area contributed by atoms with Crippen LogP contribution in [0.2, 0.25) is 5.02 Å². The molecule has 1 saturated carbocycles. The van der Waals surface area contributed by atoms with Crippen molar-refractivity contribution in [3.8, 4) is 0 Å². The Labute approximate surface area is 119 Å². The molecule has 0 saturated heterocycles. The molecule has 104 valence electrons. The number of hydrogen-bond acceptors (Lipinski definition) is 3. The molecule has 0 unspecified atom stereocenters. The predicted molar refractivity (Wildman–Crippen MR) is 77.5 cm³/mol. The summed E-state index contributed by atoms with van der Waals surface area (Å²) in [5.41, 5.74) is 0.550. The fourth-order valence-corrected chi connectivity index (χ4v) is 6.10. The van der Waals surface area contributed by atoms with Crippen LogP contribution in [0.3, 0.4) is 0 Å². The van der Waals surface area contributed by atoms with Gasteiger partial charge in [-0.05, 0) is 25.0 Å². The molecule has 3 nitrogen and oxygen atoms in total. The van der Waals surface area contributed by atoms with Crippen LogP contribution in [-0.2, 0) is 9.84 Å². The highest BCUT2D eigenvalue weighted by Gasteiger charge is 2.40. The standard InChI is InChI=1S/C14H18ClNO2S/c15-11-5-4-6-12-13(11)19(17,18)10-14(9-16-12)7-2-1-3-8-14/h4-6,16H,1-3,7-10H2. The Morgan fingerprint density at radius 3 is 2.63 bits per heavy atom. The van der Waals surface area contributed by atoms with Crippen molar-refractivity contribution in [3.63, 3.8) is 0 Å². The maximum Gasteiger partial charge on any atom is 0.182 e. The highest BCUT2D eigenvalue weighted by Crippen LogP contribution is 2.43. The quantitative estimate of drug-likeness (QED) is 0.797. The van der Waals surface area contributed by atoms with Crippen molar-refractivity contribution in [2.24, 2.45) is 5.41 Å². The molecule has 1 aromatic carbocycles. The van der Waals surface area contributed by atoms with E-state index in [1.54, 1.807) is 18.2 Å². The molecule has 5 heteroatoms. The molecule has 0 aromatic heterocycles. The van der Waals surface area contributed by atoms with Crippen LogP contribution in [0.1, 0.15) is 32.1 Å². The van der Waals surface area contributed by atoms with E-state index in [1.165, 1.54) is 6.42 Å². The minimum Gasteiger partial charge on any atom is -0.383 e. The number of nitrogens with one attached hydrogen (secondary N) is 1. The van der Waals surface area contributed by atoms with Crippen LogP contribution in [0, 0.1) is 5.41 Å². The number of hydrogen-bond donors (Lipinski definition) is 1. The minimum absolute atomic E-state index is 0.112. The summed E-state index contributed by atoms with van der Waals surface area (Å²) < 4.78 is 25.3. The van der Waals surface area contributed by atoms with Gasteiger partial charge in [-0.1, -0.05) is 36.9 Å². The van der Waals surface area contributed by atoms with Crippen LogP contribution in [0.5, 0.6) is 0 Å². The summed E-state index contributed by atoms with van der Waals surface area (Å²) in [7, 11) is -3.31. The largest absolute Gasteiger partial charge is 0.383 e. The zero-order chi connectivity index (χ0) is 13.5. The van der Waals surface area contributed by atoms with E-state index in [2.05, 4.69) is 5.32 Å². The molecule has 1 aliphatic heterocycles. The van der Waals surface area contributed by atoms with Crippen molar-refractivity contribution in [3.05, 3.63) is 23.2 Å². The van der Waals surface area contributed by atoms with E-state index in [0.717, 1.165) is 32.2 Å². The summed E-state index contributed by atoms with van der Waals surface area (Å²) in [5.74, 6) is 0.226. The van der Waals surface area contributed by atoms with Crippen LogP contribution < -0.4 is 5.32 Å². The van der Waals surface area contributed by atoms with E-state index in [4.69, 9.17) is 11.6 Å². The Morgan fingerprint density at radius 2 is 1.89 bits per heavy atom. The molecule has 0 amide bonds. The number of sulfone groups is 1. The molecule has 0 atom stereocenters. The number of halogens is 1. The molecule has 19 heavy (non-hydrogen) atoms. The molecule has 1 aliphatic carbocycles. The molecule has 1 spiro atoms. The maximum atomic E-state index is 12.7. The van der Waals surface area contributed by atoms with Crippen molar-refractivity contribution in [2.75, 3.05) is 17.6 Å². The Balaban J connectivity index is 2.06. The summed E-state index contributed by atoms with van der Waals surface area (Å²) >= 11 is 6.11. The van der Waals surface area contributed by atoms with Gasteiger partial charge in [0.15, 0.2) is 9.84 Å². The minimum atomic E-state index is -3.31. The summed E-state index contributed by atoms with van der Waals surface area (Å²) in [5, 5.41) is 3.65. The van der Waals surface area contributed by atoms with Crippen molar-refractivity contribution >= 4 is 27.1 Å². The van der Waals surface area contributed by atoms with Gasteiger partial charge in [0.2, 0.25) is 0 Å². The summed E-state index contributed by atoms with van der Waals surface area (Å²) in [4.78, 5) is 0.291. The molecular formula is C14H18ClNO2S. The number of anilines is 1. The highest BCUT2D eigenvalue weighted by atomic mass is 35.5. The first-order valence-corrected chi connectivity index (χ1v) is 8.81. The molecule has 0 radical (unpaired) electrons. The van der Waals surface area contributed by atoms with Crippen LogP contribution in [0.15, 0.2) is 23.1 Å². The first-order chi connectivity index (χ1) is 9.03. The second kappa shape index (κ2) is 4.67.